The van der Waals surface area contributed by atoms with Crippen molar-refractivity contribution in [1.82, 2.24) is 5.43 Å². The van der Waals surface area contributed by atoms with Gasteiger partial charge in [-0.3, -0.25) is 4.79 Å². The van der Waals surface area contributed by atoms with E-state index in [0.29, 0.717) is 11.7 Å². The normalized spacial score (nSPS) is 18.6. The number of nitrogens with zero attached hydrogens (tertiary/aromatic N) is 1. The maximum Gasteiger partial charge on any atom is 0.277 e. The fourth-order valence-corrected chi connectivity index (χ4v) is 3.15. The molecule has 1 aliphatic rings. The molecule has 1 amide bonds. The second-order valence-electron chi connectivity index (χ2n) is 6.37. The monoisotopic (exact) mass is 404 g/mol. The van der Waals surface area contributed by atoms with Gasteiger partial charge in [0.25, 0.3) is 5.91 Å². The molecule has 1 aliphatic carbocycles. The number of hydrogen-bond acceptors (Lipinski definition) is 3. The number of amides is 1. The number of allylic oxidation sites excluding steroid dienone is 3. The standard InChI is InChI=1S/C20H25BrN2O2/c1-5-15-7-9-19(17(21)10-15)25-12-20(24)23-22-18-11-16(13(2)3)8-6-14(18)4/h6-7,9-10,16H,2,5,8,11-12H2,1,3-4H3,(H,23,24)/b22-18-. The van der Waals surface area contributed by atoms with Crippen LogP contribution in [0.1, 0.15) is 39.2 Å². The van der Waals surface area contributed by atoms with E-state index < -0.39 is 0 Å². The van der Waals surface area contributed by atoms with Crippen LogP contribution in [0.5, 0.6) is 5.75 Å². The van der Waals surface area contributed by atoms with Gasteiger partial charge in [-0.05, 0) is 78.2 Å². The van der Waals surface area contributed by atoms with Crippen LogP contribution < -0.4 is 10.2 Å². The molecule has 0 spiro atoms. The van der Waals surface area contributed by atoms with Gasteiger partial charge in [-0.25, -0.2) is 5.43 Å². The van der Waals surface area contributed by atoms with Crippen molar-refractivity contribution in [2.75, 3.05) is 6.61 Å². The van der Waals surface area contributed by atoms with Gasteiger partial charge in [0.1, 0.15) is 5.75 Å². The number of halogens is 1. The fraction of sp³-hybridized carbons (Fsp3) is 0.400. The SMILES string of the molecule is C=C(C)C1CC=C(C)/C(=N\NC(=O)COc2ccc(CC)cc2Br)C1. The molecule has 5 heteroatoms. The molecule has 0 aliphatic heterocycles. The van der Waals surface area contributed by atoms with Gasteiger partial charge in [-0.2, -0.15) is 5.10 Å². The van der Waals surface area contributed by atoms with Crippen molar-refractivity contribution in [3.63, 3.8) is 0 Å². The Kier molecular flexibility index (Phi) is 7.00. The number of benzene rings is 1. The molecular weight excluding hydrogens is 380 g/mol. The zero-order valence-electron chi connectivity index (χ0n) is 15.1. The molecule has 1 unspecified atom stereocenters. The lowest BCUT2D eigenvalue weighted by Gasteiger charge is -2.22. The lowest BCUT2D eigenvalue weighted by atomic mass is 9.85. The molecule has 0 radical (unpaired) electrons. The lowest BCUT2D eigenvalue weighted by molar-refractivity contribution is -0.123. The molecule has 0 saturated carbocycles. The number of hydrogen-bond donors (Lipinski definition) is 1. The number of aryl methyl sites for hydroxylation is 1. The number of carbonyl (C=O) groups is 1. The first-order valence-electron chi connectivity index (χ1n) is 8.49. The second kappa shape index (κ2) is 8.99. The summed E-state index contributed by atoms with van der Waals surface area (Å²) in [6, 6.07) is 5.86. The Bertz CT molecular complexity index is 722. The molecule has 0 heterocycles. The maximum atomic E-state index is 12.0. The molecule has 0 aromatic heterocycles. The molecule has 134 valence electrons. The quantitative estimate of drug-likeness (QED) is 0.546. The molecule has 0 fully saturated rings. The number of hydrazone groups is 1. The van der Waals surface area contributed by atoms with Gasteiger partial charge in [-0.1, -0.05) is 31.2 Å². The number of rotatable bonds is 6. The van der Waals surface area contributed by atoms with E-state index >= 15 is 0 Å². The Balaban J connectivity index is 1.91. The number of ether oxygens (including phenoxy) is 1. The summed E-state index contributed by atoms with van der Waals surface area (Å²) in [6.07, 6.45) is 4.90. The minimum atomic E-state index is -0.274. The Labute approximate surface area is 158 Å². The van der Waals surface area contributed by atoms with E-state index in [1.807, 2.05) is 32.0 Å². The first kappa shape index (κ1) is 19.4. The molecule has 0 saturated heterocycles. The highest BCUT2D eigenvalue weighted by atomic mass is 79.9. The topological polar surface area (TPSA) is 50.7 Å². The summed E-state index contributed by atoms with van der Waals surface area (Å²) >= 11 is 3.47. The highest BCUT2D eigenvalue weighted by Crippen LogP contribution is 2.27. The molecule has 1 aromatic carbocycles. The summed E-state index contributed by atoms with van der Waals surface area (Å²) in [7, 11) is 0. The number of carbonyl (C=O) groups excluding carboxylic acids is 1. The molecule has 0 bridgehead atoms. The van der Waals surface area contributed by atoms with Crippen molar-refractivity contribution in [2.24, 2.45) is 11.0 Å². The molecule has 25 heavy (non-hydrogen) atoms. The number of nitrogens with one attached hydrogen (secondary N) is 1. The summed E-state index contributed by atoms with van der Waals surface area (Å²) in [5, 5.41) is 4.27. The van der Waals surface area contributed by atoms with E-state index in [1.54, 1.807) is 0 Å². The summed E-state index contributed by atoms with van der Waals surface area (Å²) in [4.78, 5) is 12.0. The van der Waals surface area contributed by atoms with Crippen LogP contribution in [0.2, 0.25) is 0 Å². The predicted molar refractivity (Wildman–Crippen MR) is 106 cm³/mol. The largest absolute Gasteiger partial charge is 0.483 e. The molecule has 4 nitrogen and oxygen atoms in total. The highest BCUT2D eigenvalue weighted by Gasteiger charge is 2.18. The van der Waals surface area contributed by atoms with Crippen LogP contribution in [0, 0.1) is 5.92 Å². The molecule has 1 aromatic rings. The molecule has 2 rings (SSSR count). The zero-order chi connectivity index (χ0) is 18.4. The van der Waals surface area contributed by atoms with Crippen LogP contribution in [0.3, 0.4) is 0 Å². The molecule has 1 atom stereocenters. The summed E-state index contributed by atoms with van der Waals surface area (Å²) in [5.74, 6) is 0.768. The average Bonchev–Trinajstić information content (AvgIpc) is 2.59. The summed E-state index contributed by atoms with van der Waals surface area (Å²) in [6.45, 7) is 10.1. The smallest absolute Gasteiger partial charge is 0.277 e. The van der Waals surface area contributed by atoms with Crippen molar-refractivity contribution in [3.8, 4) is 5.75 Å². The maximum absolute atomic E-state index is 12.0. The van der Waals surface area contributed by atoms with Crippen molar-refractivity contribution >= 4 is 27.5 Å². The van der Waals surface area contributed by atoms with Crippen molar-refractivity contribution in [2.45, 2.75) is 40.0 Å². The lowest BCUT2D eigenvalue weighted by Crippen LogP contribution is -2.27. The van der Waals surface area contributed by atoms with Crippen LogP contribution in [-0.2, 0) is 11.2 Å². The van der Waals surface area contributed by atoms with Crippen molar-refractivity contribution in [1.29, 1.82) is 0 Å². The Hall–Kier alpha value is -1.88. The Morgan fingerprint density at radius 2 is 2.24 bits per heavy atom. The minimum Gasteiger partial charge on any atom is -0.483 e. The third-order valence-electron chi connectivity index (χ3n) is 4.38. The van der Waals surface area contributed by atoms with Gasteiger partial charge in [0, 0.05) is 0 Å². The van der Waals surface area contributed by atoms with Gasteiger partial charge < -0.3 is 4.74 Å². The average molecular weight is 405 g/mol. The molecule has 1 N–H and O–H groups in total. The zero-order valence-corrected chi connectivity index (χ0v) is 16.6. The van der Waals surface area contributed by atoms with Crippen LogP contribution >= 0.6 is 15.9 Å². The fourth-order valence-electron chi connectivity index (χ4n) is 2.61. The van der Waals surface area contributed by atoms with E-state index in [0.717, 1.165) is 40.6 Å². The van der Waals surface area contributed by atoms with E-state index in [-0.39, 0.29) is 12.5 Å². The van der Waals surface area contributed by atoms with Crippen LogP contribution in [0.4, 0.5) is 0 Å². The summed E-state index contributed by atoms with van der Waals surface area (Å²) < 4.78 is 6.42. The van der Waals surface area contributed by atoms with Crippen molar-refractivity contribution in [3.05, 3.63) is 52.0 Å². The first-order valence-corrected chi connectivity index (χ1v) is 9.29. The predicted octanol–water partition coefficient (Wildman–Crippen LogP) is 4.79. The second-order valence-corrected chi connectivity index (χ2v) is 7.23. The first-order chi connectivity index (χ1) is 11.9. The van der Waals surface area contributed by atoms with Crippen LogP contribution in [-0.4, -0.2) is 18.2 Å². The van der Waals surface area contributed by atoms with Crippen LogP contribution in [0.15, 0.2) is 51.6 Å². The van der Waals surface area contributed by atoms with Gasteiger partial charge >= 0.3 is 0 Å². The summed E-state index contributed by atoms with van der Waals surface area (Å²) in [5.41, 5.74) is 6.96. The third-order valence-corrected chi connectivity index (χ3v) is 5.00. The van der Waals surface area contributed by atoms with E-state index in [1.165, 1.54) is 5.56 Å². The van der Waals surface area contributed by atoms with E-state index in [4.69, 9.17) is 4.74 Å². The van der Waals surface area contributed by atoms with Gasteiger partial charge in [-0.15, -0.1) is 0 Å². The van der Waals surface area contributed by atoms with Crippen molar-refractivity contribution < 1.29 is 9.53 Å². The Morgan fingerprint density at radius 1 is 1.48 bits per heavy atom. The Morgan fingerprint density at radius 3 is 2.88 bits per heavy atom. The molecular formula is C20H25BrN2O2. The minimum absolute atomic E-state index is 0.0759. The van der Waals surface area contributed by atoms with Crippen LogP contribution in [0.25, 0.3) is 0 Å². The van der Waals surface area contributed by atoms with Gasteiger partial charge in [0.15, 0.2) is 6.61 Å². The highest BCUT2D eigenvalue weighted by molar-refractivity contribution is 9.10. The van der Waals surface area contributed by atoms with Gasteiger partial charge in [0.05, 0.1) is 10.2 Å². The third kappa shape index (κ3) is 5.56. The van der Waals surface area contributed by atoms with Gasteiger partial charge in [0.2, 0.25) is 0 Å². The van der Waals surface area contributed by atoms with E-state index in [2.05, 4.69) is 46.0 Å². The van der Waals surface area contributed by atoms with E-state index in [9.17, 15) is 4.79 Å².